The van der Waals surface area contributed by atoms with Gasteiger partial charge in [0.05, 0.1) is 22.8 Å². The van der Waals surface area contributed by atoms with Gasteiger partial charge in [0.25, 0.3) is 0 Å². The van der Waals surface area contributed by atoms with E-state index >= 15 is 0 Å². The number of ether oxygens (including phenoxy) is 2. The number of hydrazine groups is 1. The van der Waals surface area contributed by atoms with E-state index in [1.54, 1.807) is 6.08 Å². The molecular formula is C34H43ClN8O3. The molecule has 2 atom stereocenters. The number of likely N-dealkylation sites (N-methyl/N-ethyl adjacent to an activating group) is 1. The molecule has 3 aromatic rings. The maximum Gasteiger partial charge on any atom is 0.318 e. The predicted octanol–water partition coefficient (Wildman–Crippen LogP) is 3.76. The molecule has 3 saturated heterocycles. The number of anilines is 2. The summed E-state index contributed by atoms with van der Waals surface area (Å²) < 4.78 is 12.1. The molecule has 1 amide bonds. The summed E-state index contributed by atoms with van der Waals surface area (Å²) in [6, 6.07) is 12.8. The van der Waals surface area contributed by atoms with E-state index in [4.69, 9.17) is 31.0 Å². The summed E-state index contributed by atoms with van der Waals surface area (Å²) in [7, 11) is 2.02. The van der Waals surface area contributed by atoms with Gasteiger partial charge in [-0.3, -0.25) is 9.69 Å². The first-order valence-corrected chi connectivity index (χ1v) is 16.8. The zero-order valence-electron chi connectivity index (χ0n) is 26.6. The molecule has 0 bridgehead atoms. The van der Waals surface area contributed by atoms with Gasteiger partial charge in [-0.25, -0.2) is 10.9 Å². The monoisotopic (exact) mass is 646 g/mol. The van der Waals surface area contributed by atoms with Crippen molar-refractivity contribution in [3.05, 3.63) is 64.8 Å². The van der Waals surface area contributed by atoms with Gasteiger partial charge >= 0.3 is 6.01 Å². The number of rotatable bonds is 10. The van der Waals surface area contributed by atoms with Gasteiger partial charge in [0.2, 0.25) is 5.91 Å². The van der Waals surface area contributed by atoms with Crippen molar-refractivity contribution < 1.29 is 14.3 Å². The Hall–Kier alpha value is -3.48. The Morgan fingerprint density at radius 2 is 1.98 bits per heavy atom. The minimum absolute atomic E-state index is 0.0992. The van der Waals surface area contributed by atoms with E-state index in [0.717, 1.165) is 77.5 Å². The fourth-order valence-corrected chi connectivity index (χ4v) is 7.72. The number of benzene rings is 2. The van der Waals surface area contributed by atoms with Crippen molar-refractivity contribution in [1.82, 2.24) is 31.0 Å². The molecule has 244 valence electrons. The lowest BCUT2D eigenvalue weighted by atomic mass is 9.95. The van der Waals surface area contributed by atoms with Crippen LogP contribution in [-0.2, 0) is 22.5 Å². The number of nitrogens with zero attached hydrogens (tertiary/aromatic N) is 5. The Balaban J connectivity index is 1.10. The summed E-state index contributed by atoms with van der Waals surface area (Å²) in [6.07, 6.45) is 8.29. The lowest BCUT2D eigenvalue weighted by Gasteiger charge is -2.34. The molecule has 0 spiro atoms. The Kier molecular flexibility index (Phi) is 9.02. The van der Waals surface area contributed by atoms with Gasteiger partial charge in [0.1, 0.15) is 24.9 Å². The highest BCUT2D eigenvalue weighted by atomic mass is 35.5. The molecule has 0 saturated carbocycles. The quantitative estimate of drug-likeness (QED) is 0.282. The van der Waals surface area contributed by atoms with Crippen molar-refractivity contribution in [3.63, 3.8) is 0 Å². The number of nitrogens with one attached hydrogen (secondary N) is 3. The van der Waals surface area contributed by atoms with Gasteiger partial charge < -0.3 is 24.6 Å². The van der Waals surface area contributed by atoms with Gasteiger partial charge in [-0.1, -0.05) is 35.9 Å². The summed E-state index contributed by atoms with van der Waals surface area (Å²) in [5, 5.41) is 5.91. The van der Waals surface area contributed by atoms with E-state index in [-0.39, 0.29) is 23.9 Å². The zero-order valence-corrected chi connectivity index (χ0v) is 27.4. The van der Waals surface area contributed by atoms with Crippen LogP contribution in [0.2, 0.25) is 5.02 Å². The molecule has 2 aromatic carbocycles. The van der Waals surface area contributed by atoms with Crippen LogP contribution in [0.1, 0.15) is 43.9 Å². The number of aromatic nitrogens is 2. The number of hydrogen-bond donors (Lipinski definition) is 3. The fraction of sp³-hybridized carbons (Fsp3) is 0.500. The topological polar surface area (TPSA) is 107 Å². The van der Waals surface area contributed by atoms with Gasteiger partial charge in [-0.2, -0.15) is 9.97 Å². The van der Waals surface area contributed by atoms with Gasteiger partial charge in [0.15, 0.2) is 0 Å². The number of hydrogen-bond acceptors (Lipinski definition) is 10. The van der Waals surface area contributed by atoms with Crippen LogP contribution in [0.4, 0.5) is 11.5 Å². The third-order valence-electron chi connectivity index (χ3n) is 9.79. The van der Waals surface area contributed by atoms with Crippen molar-refractivity contribution in [2.75, 3.05) is 56.2 Å². The van der Waals surface area contributed by atoms with Crippen molar-refractivity contribution in [3.8, 4) is 6.01 Å². The molecule has 2 unspecified atom stereocenters. The van der Waals surface area contributed by atoms with Crippen LogP contribution < -0.4 is 30.7 Å². The van der Waals surface area contributed by atoms with E-state index < -0.39 is 0 Å². The molecule has 7 rings (SSSR count). The highest BCUT2D eigenvalue weighted by Gasteiger charge is 2.45. The lowest BCUT2D eigenvalue weighted by Crippen LogP contribution is -2.43. The molecule has 3 N–H and O–H groups in total. The highest BCUT2D eigenvalue weighted by Crippen LogP contribution is 2.40. The molecule has 46 heavy (non-hydrogen) atoms. The molecular weight excluding hydrogens is 604 g/mol. The van der Waals surface area contributed by atoms with Crippen LogP contribution in [0, 0.1) is 0 Å². The second kappa shape index (κ2) is 13.3. The van der Waals surface area contributed by atoms with Crippen LogP contribution in [0.3, 0.4) is 0 Å². The first-order chi connectivity index (χ1) is 22.4. The first-order valence-electron chi connectivity index (χ1n) is 16.4. The van der Waals surface area contributed by atoms with Crippen molar-refractivity contribution in [1.29, 1.82) is 0 Å². The molecule has 12 heteroatoms. The number of fused-ring (bicyclic) bond motifs is 3. The van der Waals surface area contributed by atoms with E-state index in [0.29, 0.717) is 32.3 Å². The zero-order chi connectivity index (χ0) is 31.7. The highest BCUT2D eigenvalue weighted by molar-refractivity contribution is 6.36. The third kappa shape index (κ3) is 6.39. The molecule has 0 aliphatic carbocycles. The van der Waals surface area contributed by atoms with Gasteiger partial charge in [0, 0.05) is 49.4 Å². The predicted molar refractivity (Wildman–Crippen MR) is 180 cm³/mol. The van der Waals surface area contributed by atoms with E-state index in [1.165, 1.54) is 18.9 Å². The summed E-state index contributed by atoms with van der Waals surface area (Å²) in [5.41, 5.74) is 9.23. The summed E-state index contributed by atoms with van der Waals surface area (Å²) in [4.78, 5) is 29.6. The summed E-state index contributed by atoms with van der Waals surface area (Å²) in [5.74, 6) is 0.685. The van der Waals surface area contributed by atoms with E-state index in [2.05, 4.69) is 55.1 Å². The second-order valence-corrected chi connectivity index (χ2v) is 13.2. The SMILES string of the molecule is CC1NNC(/C=C/C(=O)NCCN(C)c2nc(OCC34CCCN3CCC4)nc3c2CCN(c2cccc4cccc(Cl)c24)C3)O1. The van der Waals surface area contributed by atoms with Crippen LogP contribution in [0.25, 0.3) is 10.8 Å². The van der Waals surface area contributed by atoms with Crippen molar-refractivity contribution in [2.24, 2.45) is 0 Å². The standard InChI is InChI=1S/C34H43ClN8O3/c1-23-39-40-30(46-23)12-11-29(44)36-16-20-41(2)32-25-13-19-42(28-10-4-8-24-7-3-9-26(35)31(24)28)21-27(25)37-33(38-32)45-22-34-14-5-17-43(34)18-6-15-34/h3-4,7-12,23,30,39-40H,5-6,13-22H2,1-2H3,(H,36,44)/b12-11+. The van der Waals surface area contributed by atoms with Crippen LogP contribution >= 0.6 is 11.6 Å². The minimum atomic E-state index is -0.334. The van der Waals surface area contributed by atoms with Crippen LogP contribution in [0.5, 0.6) is 6.01 Å². The Morgan fingerprint density at radius 1 is 1.17 bits per heavy atom. The molecule has 3 fully saturated rings. The number of carbonyl (C=O) groups excluding carboxylic acids is 1. The fourth-order valence-electron chi connectivity index (χ4n) is 7.44. The molecule has 4 aliphatic heterocycles. The third-order valence-corrected chi connectivity index (χ3v) is 10.1. The Morgan fingerprint density at radius 3 is 2.76 bits per heavy atom. The smallest absolute Gasteiger partial charge is 0.318 e. The van der Waals surface area contributed by atoms with Crippen molar-refractivity contribution in [2.45, 2.75) is 63.6 Å². The Labute approximate surface area is 275 Å². The molecule has 5 heterocycles. The average Bonchev–Trinajstić information content (AvgIpc) is 3.78. The second-order valence-electron chi connectivity index (χ2n) is 12.8. The van der Waals surface area contributed by atoms with Crippen LogP contribution in [0.15, 0.2) is 48.6 Å². The number of carbonyl (C=O) groups is 1. The first kappa shape index (κ1) is 31.1. The van der Waals surface area contributed by atoms with E-state index in [1.807, 2.05) is 26.1 Å². The van der Waals surface area contributed by atoms with Crippen molar-refractivity contribution >= 4 is 39.8 Å². The number of halogens is 1. The van der Waals surface area contributed by atoms with Gasteiger partial charge in [-0.15, -0.1) is 0 Å². The largest absolute Gasteiger partial charge is 0.461 e. The maximum absolute atomic E-state index is 12.5. The molecule has 1 aromatic heterocycles. The normalized spacial score (nSPS) is 22.4. The van der Waals surface area contributed by atoms with E-state index in [9.17, 15) is 4.79 Å². The average molecular weight is 647 g/mol. The summed E-state index contributed by atoms with van der Waals surface area (Å²) >= 11 is 6.72. The molecule has 11 nitrogen and oxygen atoms in total. The van der Waals surface area contributed by atoms with Crippen LogP contribution in [-0.4, -0.2) is 85.1 Å². The molecule has 0 radical (unpaired) electrons. The minimum Gasteiger partial charge on any atom is -0.461 e. The summed E-state index contributed by atoms with van der Waals surface area (Å²) in [6.45, 7) is 7.27. The Bertz CT molecular complexity index is 1600. The number of amides is 1. The maximum atomic E-state index is 12.5. The lowest BCUT2D eigenvalue weighted by molar-refractivity contribution is -0.116. The van der Waals surface area contributed by atoms with Gasteiger partial charge in [-0.05, 0) is 75.7 Å². The molecule has 4 aliphatic rings.